The summed E-state index contributed by atoms with van der Waals surface area (Å²) in [6, 6.07) is 8.10. The van der Waals surface area contributed by atoms with Gasteiger partial charge in [-0.1, -0.05) is 32.0 Å². The van der Waals surface area contributed by atoms with Crippen LogP contribution in [-0.2, 0) is 17.8 Å². The Bertz CT molecular complexity index is 756. The average molecular weight is 370 g/mol. The number of hydrogen-bond acceptors (Lipinski definition) is 3. The molecule has 0 N–H and O–H groups in total. The summed E-state index contributed by atoms with van der Waals surface area (Å²) >= 11 is 0. The molecular formula is C22H31N3O2. The summed E-state index contributed by atoms with van der Waals surface area (Å²) < 4.78 is 8.13. The number of carbonyl (C=O) groups excluding carboxylic acids is 1. The fourth-order valence-electron chi connectivity index (χ4n) is 3.83. The normalized spacial score (nSPS) is 18.3. The second kappa shape index (κ2) is 9.07. The highest BCUT2D eigenvalue weighted by atomic mass is 16.5. The minimum atomic E-state index is -0.0412. The van der Waals surface area contributed by atoms with Crippen LogP contribution in [0, 0.1) is 18.8 Å². The molecule has 0 unspecified atom stereocenters. The van der Waals surface area contributed by atoms with E-state index in [1.165, 1.54) is 0 Å². The number of carbonyl (C=O) groups is 1. The van der Waals surface area contributed by atoms with Crippen LogP contribution in [0.4, 0.5) is 0 Å². The van der Waals surface area contributed by atoms with Crippen molar-refractivity contribution in [3.05, 3.63) is 48.0 Å². The zero-order valence-corrected chi connectivity index (χ0v) is 16.7. The molecule has 0 radical (unpaired) electrons. The topological polar surface area (TPSA) is 47.4 Å². The predicted molar refractivity (Wildman–Crippen MR) is 107 cm³/mol. The van der Waals surface area contributed by atoms with E-state index in [4.69, 9.17) is 4.74 Å². The van der Waals surface area contributed by atoms with Gasteiger partial charge in [0.1, 0.15) is 11.6 Å². The maximum Gasteiger partial charge on any atom is 0.227 e. The summed E-state index contributed by atoms with van der Waals surface area (Å²) in [5.41, 5.74) is 1.15. The maximum absolute atomic E-state index is 12.9. The number of aromatic nitrogens is 2. The van der Waals surface area contributed by atoms with E-state index in [-0.39, 0.29) is 11.8 Å². The third kappa shape index (κ3) is 4.90. The number of rotatable bonds is 7. The van der Waals surface area contributed by atoms with Gasteiger partial charge in [-0.2, -0.15) is 0 Å². The molecular weight excluding hydrogens is 338 g/mol. The number of imidazole rings is 1. The first-order valence-electron chi connectivity index (χ1n) is 10.1. The molecule has 0 aliphatic carbocycles. The summed E-state index contributed by atoms with van der Waals surface area (Å²) in [4.78, 5) is 19.3. The quantitative estimate of drug-likeness (QED) is 0.747. The lowest BCUT2D eigenvalue weighted by molar-refractivity contribution is -0.137. The van der Waals surface area contributed by atoms with E-state index in [1.54, 1.807) is 0 Å². The zero-order valence-electron chi connectivity index (χ0n) is 16.7. The number of para-hydroxylation sites is 1. The van der Waals surface area contributed by atoms with Gasteiger partial charge in [-0.15, -0.1) is 0 Å². The molecule has 3 rings (SSSR count). The molecule has 2 aromatic rings. The Morgan fingerprint density at radius 3 is 2.96 bits per heavy atom. The van der Waals surface area contributed by atoms with Crippen LogP contribution in [0.3, 0.4) is 0 Å². The van der Waals surface area contributed by atoms with Gasteiger partial charge >= 0.3 is 0 Å². The first-order chi connectivity index (χ1) is 13.1. The van der Waals surface area contributed by atoms with Gasteiger partial charge in [-0.3, -0.25) is 4.79 Å². The highest BCUT2D eigenvalue weighted by Crippen LogP contribution is 2.22. The minimum absolute atomic E-state index is 0.0412. The number of nitrogens with zero attached hydrogens (tertiary/aromatic N) is 3. The van der Waals surface area contributed by atoms with E-state index in [0.717, 1.165) is 49.5 Å². The molecule has 5 nitrogen and oxygen atoms in total. The molecule has 1 aliphatic heterocycles. The van der Waals surface area contributed by atoms with Crippen molar-refractivity contribution >= 4 is 5.91 Å². The molecule has 0 spiro atoms. The lowest BCUT2D eigenvalue weighted by atomic mass is 9.97. The third-order valence-corrected chi connectivity index (χ3v) is 5.41. The van der Waals surface area contributed by atoms with Crippen molar-refractivity contribution in [1.29, 1.82) is 0 Å². The number of piperidine rings is 1. The average Bonchev–Trinajstić information content (AvgIpc) is 3.14. The van der Waals surface area contributed by atoms with Crippen LogP contribution in [-0.4, -0.2) is 40.1 Å². The first kappa shape index (κ1) is 19.5. The minimum Gasteiger partial charge on any atom is -0.493 e. The van der Waals surface area contributed by atoms with Gasteiger partial charge in [-0.05, 0) is 31.4 Å². The van der Waals surface area contributed by atoms with Crippen LogP contribution in [0.1, 0.15) is 38.1 Å². The summed E-state index contributed by atoms with van der Waals surface area (Å²) in [7, 11) is 0. The lowest BCUT2D eigenvalue weighted by Gasteiger charge is -2.34. The highest BCUT2D eigenvalue weighted by molar-refractivity contribution is 5.78. The summed E-state index contributed by atoms with van der Waals surface area (Å²) in [6.07, 6.45) is 6.83. The van der Waals surface area contributed by atoms with Gasteiger partial charge in [0.05, 0.1) is 12.5 Å². The lowest BCUT2D eigenvalue weighted by Crippen LogP contribution is -2.44. The monoisotopic (exact) mass is 369 g/mol. The Hall–Kier alpha value is -2.30. The Morgan fingerprint density at radius 1 is 1.37 bits per heavy atom. The van der Waals surface area contributed by atoms with Crippen molar-refractivity contribution in [2.45, 2.75) is 46.6 Å². The molecule has 1 saturated heterocycles. The van der Waals surface area contributed by atoms with E-state index in [2.05, 4.69) is 29.5 Å². The summed E-state index contributed by atoms with van der Waals surface area (Å²) in [5.74, 6) is 2.58. The smallest absolute Gasteiger partial charge is 0.227 e. The molecule has 2 heterocycles. The number of amides is 1. The van der Waals surface area contributed by atoms with E-state index in [0.29, 0.717) is 19.1 Å². The van der Waals surface area contributed by atoms with Gasteiger partial charge in [0.15, 0.2) is 0 Å². The molecule has 1 amide bonds. The van der Waals surface area contributed by atoms with E-state index >= 15 is 0 Å². The Kier molecular flexibility index (Phi) is 6.54. The maximum atomic E-state index is 12.9. The van der Waals surface area contributed by atoms with E-state index < -0.39 is 0 Å². The first-order valence-corrected chi connectivity index (χ1v) is 10.1. The Labute approximate surface area is 162 Å². The molecule has 146 valence electrons. The van der Waals surface area contributed by atoms with Crippen molar-refractivity contribution in [3.63, 3.8) is 0 Å². The fourth-order valence-corrected chi connectivity index (χ4v) is 3.83. The van der Waals surface area contributed by atoms with Gasteiger partial charge in [-0.25, -0.2) is 4.98 Å². The van der Waals surface area contributed by atoms with Crippen molar-refractivity contribution in [1.82, 2.24) is 14.5 Å². The molecule has 1 aromatic heterocycles. The molecule has 1 fully saturated rings. The molecule has 1 aliphatic rings. The van der Waals surface area contributed by atoms with Gasteiger partial charge in [0, 0.05) is 44.4 Å². The molecule has 0 saturated carbocycles. The predicted octanol–water partition coefficient (Wildman–Crippen LogP) is 3.71. The third-order valence-electron chi connectivity index (χ3n) is 5.41. The Morgan fingerprint density at radius 2 is 2.19 bits per heavy atom. The van der Waals surface area contributed by atoms with Crippen molar-refractivity contribution in [2.75, 3.05) is 19.7 Å². The van der Waals surface area contributed by atoms with E-state index in [9.17, 15) is 4.79 Å². The number of hydrogen-bond donors (Lipinski definition) is 0. The number of ether oxygens (including phenoxy) is 1. The van der Waals surface area contributed by atoms with Crippen molar-refractivity contribution < 1.29 is 9.53 Å². The number of benzene rings is 1. The molecule has 27 heavy (non-hydrogen) atoms. The van der Waals surface area contributed by atoms with E-state index in [1.807, 2.05) is 42.4 Å². The molecule has 5 heteroatoms. The number of likely N-dealkylation sites (tertiary alicyclic amines) is 1. The standard InChI is InChI=1S/C22H31N3O2/c1-4-21-23-11-13-24(21)14-18(3)22(26)25-12-7-9-19(15-25)16-27-20-10-6-5-8-17(20)2/h5-6,8,10-11,13,18-19H,4,7,9,12,14-16H2,1-3H3/t18-,19-/m0/s1. The SMILES string of the molecule is CCc1nccn1C[C@H](C)C(=O)N1CCC[C@H](COc2ccccc2C)C1. The van der Waals surface area contributed by atoms with Crippen LogP contribution < -0.4 is 4.74 Å². The summed E-state index contributed by atoms with van der Waals surface area (Å²) in [6.45, 7) is 9.19. The zero-order chi connectivity index (χ0) is 19.2. The molecule has 2 atom stereocenters. The van der Waals surface area contributed by atoms with Crippen molar-refractivity contribution in [3.8, 4) is 5.75 Å². The Balaban J connectivity index is 1.53. The van der Waals surface area contributed by atoms with Crippen molar-refractivity contribution in [2.24, 2.45) is 11.8 Å². The second-order valence-electron chi connectivity index (χ2n) is 7.62. The summed E-state index contributed by atoms with van der Waals surface area (Å²) in [5, 5.41) is 0. The molecule has 0 bridgehead atoms. The van der Waals surface area contributed by atoms with Crippen LogP contribution in [0.2, 0.25) is 0 Å². The van der Waals surface area contributed by atoms with Crippen LogP contribution in [0.15, 0.2) is 36.7 Å². The fraction of sp³-hybridized carbons (Fsp3) is 0.545. The largest absolute Gasteiger partial charge is 0.493 e. The molecule has 1 aromatic carbocycles. The van der Waals surface area contributed by atoms with Crippen LogP contribution in [0.25, 0.3) is 0 Å². The van der Waals surface area contributed by atoms with Gasteiger partial charge in [0.25, 0.3) is 0 Å². The van der Waals surface area contributed by atoms with Crippen LogP contribution >= 0.6 is 0 Å². The number of aryl methyl sites for hydroxylation is 2. The highest BCUT2D eigenvalue weighted by Gasteiger charge is 2.27. The van der Waals surface area contributed by atoms with Gasteiger partial charge in [0.2, 0.25) is 5.91 Å². The van der Waals surface area contributed by atoms with Gasteiger partial charge < -0.3 is 14.2 Å². The van der Waals surface area contributed by atoms with Crippen LogP contribution in [0.5, 0.6) is 5.75 Å². The second-order valence-corrected chi connectivity index (χ2v) is 7.62.